The lowest BCUT2D eigenvalue weighted by molar-refractivity contribution is -0.136. The van der Waals surface area contributed by atoms with Gasteiger partial charge in [-0.25, -0.2) is 0 Å². The van der Waals surface area contributed by atoms with E-state index in [-0.39, 0.29) is 5.97 Å². The topological polar surface area (TPSA) is 26.3 Å². The molecule has 2 heteroatoms. The molecule has 0 atom stereocenters. The Labute approximate surface area is 48.8 Å². The minimum atomic E-state index is -0.0903. The SMILES string of the molecule is CC[C]1CCOC1=O. The summed E-state index contributed by atoms with van der Waals surface area (Å²) < 4.78 is 4.68. The summed E-state index contributed by atoms with van der Waals surface area (Å²) in [6.45, 7) is 2.57. The largest absolute Gasteiger partial charge is 0.465 e. The van der Waals surface area contributed by atoms with Crippen molar-refractivity contribution in [2.75, 3.05) is 6.61 Å². The maximum atomic E-state index is 10.5. The average molecular weight is 113 g/mol. The van der Waals surface area contributed by atoms with Crippen LogP contribution in [0, 0.1) is 5.92 Å². The number of cyclic esters (lactones) is 1. The Kier molecular flexibility index (Phi) is 1.51. The molecule has 2 nitrogen and oxygen atoms in total. The Hall–Kier alpha value is -0.530. The molecule has 1 aliphatic rings. The van der Waals surface area contributed by atoms with E-state index >= 15 is 0 Å². The van der Waals surface area contributed by atoms with Crippen LogP contribution in [0.3, 0.4) is 0 Å². The third-order valence-corrected chi connectivity index (χ3v) is 1.35. The van der Waals surface area contributed by atoms with E-state index in [9.17, 15) is 4.79 Å². The predicted molar refractivity (Wildman–Crippen MR) is 29.1 cm³/mol. The van der Waals surface area contributed by atoms with Gasteiger partial charge in [-0.3, -0.25) is 4.79 Å². The zero-order valence-electron chi connectivity index (χ0n) is 4.94. The number of hydrogen-bond acceptors (Lipinski definition) is 2. The molecule has 0 aromatic heterocycles. The van der Waals surface area contributed by atoms with E-state index in [2.05, 4.69) is 4.74 Å². The van der Waals surface area contributed by atoms with Crippen molar-refractivity contribution < 1.29 is 9.53 Å². The highest BCUT2D eigenvalue weighted by molar-refractivity contribution is 5.86. The molecule has 1 fully saturated rings. The molecule has 0 N–H and O–H groups in total. The van der Waals surface area contributed by atoms with Crippen LogP contribution < -0.4 is 0 Å². The Morgan fingerprint density at radius 1 is 1.75 bits per heavy atom. The van der Waals surface area contributed by atoms with E-state index in [1.807, 2.05) is 6.92 Å². The van der Waals surface area contributed by atoms with Gasteiger partial charge >= 0.3 is 5.97 Å². The maximum Gasteiger partial charge on any atom is 0.313 e. The Morgan fingerprint density at radius 3 is 2.75 bits per heavy atom. The van der Waals surface area contributed by atoms with Crippen molar-refractivity contribution in [1.29, 1.82) is 0 Å². The van der Waals surface area contributed by atoms with Gasteiger partial charge in [-0.2, -0.15) is 0 Å². The molecule has 0 aliphatic carbocycles. The van der Waals surface area contributed by atoms with Gasteiger partial charge < -0.3 is 4.74 Å². The molecule has 0 saturated carbocycles. The highest BCUT2D eigenvalue weighted by Crippen LogP contribution is 2.18. The Balaban J connectivity index is 2.42. The van der Waals surface area contributed by atoms with Crippen molar-refractivity contribution >= 4 is 5.97 Å². The van der Waals surface area contributed by atoms with E-state index in [1.54, 1.807) is 0 Å². The van der Waals surface area contributed by atoms with Gasteiger partial charge in [0.1, 0.15) is 0 Å². The molecular formula is C6H9O2. The molecule has 0 aromatic carbocycles. The summed E-state index contributed by atoms with van der Waals surface area (Å²) in [5.74, 6) is 0.845. The van der Waals surface area contributed by atoms with E-state index in [0.717, 1.165) is 18.8 Å². The molecular weight excluding hydrogens is 104 g/mol. The molecule has 0 bridgehead atoms. The lowest BCUT2D eigenvalue weighted by Gasteiger charge is -1.94. The van der Waals surface area contributed by atoms with Crippen LogP contribution in [0.2, 0.25) is 0 Å². The predicted octanol–water partition coefficient (Wildman–Crippen LogP) is 0.918. The summed E-state index contributed by atoms with van der Waals surface area (Å²) in [6, 6.07) is 0. The maximum absolute atomic E-state index is 10.5. The average Bonchev–Trinajstić information content (AvgIpc) is 2.14. The number of carbonyl (C=O) groups is 1. The fourth-order valence-electron chi connectivity index (χ4n) is 0.792. The zero-order valence-corrected chi connectivity index (χ0v) is 4.94. The number of rotatable bonds is 1. The number of carbonyl (C=O) groups excluding carboxylic acids is 1. The first-order valence-electron chi connectivity index (χ1n) is 2.86. The van der Waals surface area contributed by atoms with Gasteiger partial charge in [-0.15, -0.1) is 0 Å². The minimum absolute atomic E-state index is 0.0903. The summed E-state index contributed by atoms with van der Waals surface area (Å²) in [4.78, 5) is 10.5. The van der Waals surface area contributed by atoms with Gasteiger partial charge in [0.2, 0.25) is 0 Å². The third-order valence-electron chi connectivity index (χ3n) is 1.35. The van der Waals surface area contributed by atoms with Crippen molar-refractivity contribution in [2.45, 2.75) is 19.8 Å². The lowest BCUT2D eigenvalue weighted by atomic mass is 10.1. The van der Waals surface area contributed by atoms with Crippen LogP contribution in [0.25, 0.3) is 0 Å². The van der Waals surface area contributed by atoms with Crippen molar-refractivity contribution in [1.82, 2.24) is 0 Å². The Morgan fingerprint density at radius 2 is 2.50 bits per heavy atom. The smallest absolute Gasteiger partial charge is 0.313 e. The fourth-order valence-corrected chi connectivity index (χ4v) is 0.792. The van der Waals surface area contributed by atoms with Crippen LogP contribution in [0.15, 0.2) is 0 Å². The second-order valence-electron chi connectivity index (χ2n) is 1.84. The monoisotopic (exact) mass is 113 g/mol. The van der Waals surface area contributed by atoms with Gasteiger partial charge in [0.15, 0.2) is 0 Å². The molecule has 0 unspecified atom stereocenters. The molecule has 8 heavy (non-hydrogen) atoms. The zero-order chi connectivity index (χ0) is 5.98. The summed E-state index contributed by atoms with van der Waals surface area (Å²) in [5.41, 5.74) is 0. The van der Waals surface area contributed by atoms with E-state index in [4.69, 9.17) is 0 Å². The minimum Gasteiger partial charge on any atom is -0.465 e. The van der Waals surface area contributed by atoms with E-state index in [0.29, 0.717) is 6.61 Å². The number of esters is 1. The highest BCUT2D eigenvalue weighted by Gasteiger charge is 2.24. The highest BCUT2D eigenvalue weighted by atomic mass is 16.5. The van der Waals surface area contributed by atoms with Crippen LogP contribution in [-0.2, 0) is 9.53 Å². The van der Waals surface area contributed by atoms with Crippen LogP contribution in [0.5, 0.6) is 0 Å². The summed E-state index contributed by atoms with van der Waals surface area (Å²) in [5, 5.41) is 0. The standard InChI is InChI=1S/C6H9O2/c1-2-5-3-4-8-6(5)7/h2-4H2,1H3. The molecule has 0 amide bonds. The quantitative estimate of drug-likeness (QED) is 0.472. The van der Waals surface area contributed by atoms with Crippen molar-refractivity contribution in [3.05, 3.63) is 5.92 Å². The van der Waals surface area contributed by atoms with Crippen molar-refractivity contribution in [3.8, 4) is 0 Å². The van der Waals surface area contributed by atoms with Gasteiger partial charge in [-0.05, 0) is 12.8 Å². The first kappa shape index (κ1) is 5.60. The summed E-state index contributed by atoms with van der Waals surface area (Å²) >= 11 is 0. The van der Waals surface area contributed by atoms with Gasteiger partial charge in [0, 0.05) is 0 Å². The fraction of sp³-hybridized carbons (Fsp3) is 0.667. The first-order chi connectivity index (χ1) is 3.84. The van der Waals surface area contributed by atoms with Gasteiger partial charge in [0.05, 0.1) is 12.5 Å². The summed E-state index contributed by atoms with van der Waals surface area (Å²) in [7, 11) is 0. The number of hydrogen-bond donors (Lipinski definition) is 0. The molecule has 1 heterocycles. The second-order valence-corrected chi connectivity index (χ2v) is 1.84. The molecule has 1 rings (SSSR count). The molecule has 45 valence electrons. The first-order valence-corrected chi connectivity index (χ1v) is 2.86. The Bertz CT molecular complexity index is 98.7. The van der Waals surface area contributed by atoms with Crippen molar-refractivity contribution in [3.63, 3.8) is 0 Å². The van der Waals surface area contributed by atoms with Gasteiger partial charge in [-0.1, -0.05) is 6.92 Å². The third kappa shape index (κ3) is 0.831. The van der Waals surface area contributed by atoms with Crippen LogP contribution in [-0.4, -0.2) is 12.6 Å². The van der Waals surface area contributed by atoms with Crippen LogP contribution >= 0.6 is 0 Å². The lowest BCUT2D eigenvalue weighted by Crippen LogP contribution is -2.02. The van der Waals surface area contributed by atoms with Crippen LogP contribution in [0.1, 0.15) is 19.8 Å². The molecule has 1 radical (unpaired) electrons. The second kappa shape index (κ2) is 2.16. The van der Waals surface area contributed by atoms with E-state index in [1.165, 1.54) is 0 Å². The van der Waals surface area contributed by atoms with Gasteiger partial charge in [0.25, 0.3) is 0 Å². The molecule has 0 aromatic rings. The number of ether oxygens (including phenoxy) is 1. The molecule has 1 saturated heterocycles. The van der Waals surface area contributed by atoms with E-state index < -0.39 is 0 Å². The molecule has 1 aliphatic heterocycles. The molecule has 0 spiro atoms. The van der Waals surface area contributed by atoms with Crippen LogP contribution in [0.4, 0.5) is 0 Å². The summed E-state index contributed by atoms with van der Waals surface area (Å²) in [6.07, 6.45) is 1.69. The van der Waals surface area contributed by atoms with Crippen molar-refractivity contribution in [2.24, 2.45) is 0 Å². The normalized spacial score (nSPS) is 21.4.